The summed E-state index contributed by atoms with van der Waals surface area (Å²) in [7, 11) is 0. The topological polar surface area (TPSA) is 100 Å². The summed E-state index contributed by atoms with van der Waals surface area (Å²) in [4.78, 5) is 27.4. The van der Waals surface area contributed by atoms with Crippen LogP contribution >= 0.6 is 0 Å². The molecule has 0 radical (unpaired) electrons. The molecule has 1 atom stereocenters. The van der Waals surface area contributed by atoms with Crippen LogP contribution in [-0.4, -0.2) is 28.5 Å². The molecule has 1 fully saturated rings. The van der Waals surface area contributed by atoms with E-state index in [-0.39, 0.29) is 34.4 Å². The quantitative estimate of drug-likeness (QED) is 0.309. The van der Waals surface area contributed by atoms with Gasteiger partial charge in [0.25, 0.3) is 11.7 Å². The van der Waals surface area contributed by atoms with Crippen LogP contribution in [0, 0.1) is 0 Å². The normalized spacial score (nSPS) is 17.7. The highest BCUT2D eigenvalue weighted by atomic mass is 16.5. The van der Waals surface area contributed by atoms with E-state index >= 15 is 0 Å². The highest BCUT2D eigenvalue weighted by molar-refractivity contribution is 6.51. The zero-order valence-corrected chi connectivity index (χ0v) is 18.6. The van der Waals surface area contributed by atoms with Gasteiger partial charge in [0.15, 0.2) is 0 Å². The van der Waals surface area contributed by atoms with Crippen LogP contribution in [0.5, 0.6) is 11.5 Å². The third-order valence-corrected chi connectivity index (χ3v) is 5.60. The zero-order chi connectivity index (χ0) is 23.7. The Morgan fingerprint density at radius 1 is 1.12 bits per heavy atom. The van der Waals surface area contributed by atoms with Crippen LogP contribution < -0.4 is 9.64 Å². The number of ether oxygens (including phenoxy) is 1. The maximum absolute atomic E-state index is 13.2. The molecule has 1 amide bonds. The molecule has 1 aliphatic heterocycles. The number of Topliss-reactive ketones (excluding diaryl/α,β-unsaturated/α-hetero) is 1. The monoisotopic (exact) mass is 447 g/mol. The number of aromatic hydroxyl groups is 1. The molecule has 1 aliphatic rings. The van der Waals surface area contributed by atoms with Crippen molar-refractivity contribution in [2.45, 2.75) is 32.7 Å². The first-order chi connectivity index (χ1) is 15.8. The fraction of sp³-hybridized carbons (Fsp3) is 0.231. The molecule has 1 unspecified atom stereocenters. The minimum absolute atomic E-state index is 0.101. The van der Waals surface area contributed by atoms with Crippen molar-refractivity contribution in [3.8, 4) is 11.5 Å². The number of aliphatic hydroxyl groups is 1. The lowest BCUT2D eigenvalue weighted by molar-refractivity contribution is -0.132. The number of aliphatic hydroxyl groups excluding tert-OH is 1. The molecule has 1 saturated heterocycles. The molecule has 170 valence electrons. The van der Waals surface area contributed by atoms with Gasteiger partial charge in [-0.2, -0.15) is 0 Å². The zero-order valence-electron chi connectivity index (χ0n) is 18.6. The summed E-state index contributed by atoms with van der Waals surface area (Å²) in [5.41, 5.74) is 1.28. The lowest BCUT2D eigenvalue weighted by Gasteiger charge is -2.24. The SMILES string of the molecule is CCOc1ccc(/C(O)=C2/C(=O)C(=O)N(c3ccccc3O)C2c2ccco2)cc1C(C)C. The van der Waals surface area contributed by atoms with Gasteiger partial charge in [-0.25, -0.2) is 0 Å². The minimum Gasteiger partial charge on any atom is -0.507 e. The van der Waals surface area contributed by atoms with Crippen molar-refractivity contribution < 1.29 is 29.0 Å². The number of rotatable bonds is 6. The molecule has 2 N–H and O–H groups in total. The van der Waals surface area contributed by atoms with Gasteiger partial charge in [-0.3, -0.25) is 14.5 Å². The molecule has 1 aromatic heterocycles. The summed E-state index contributed by atoms with van der Waals surface area (Å²) in [6.07, 6.45) is 1.42. The van der Waals surface area contributed by atoms with Crippen molar-refractivity contribution in [2.24, 2.45) is 0 Å². The van der Waals surface area contributed by atoms with E-state index in [2.05, 4.69) is 0 Å². The summed E-state index contributed by atoms with van der Waals surface area (Å²) in [6, 6.07) is 13.6. The van der Waals surface area contributed by atoms with Crippen molar-refractivity contribution in [2.75, 3.05) is 11.5 Å². The Kier molecular flexibility index (Phi) is 5.96. The number of anilines is 1. The number of carbonyl (C=O) groups excluding carboxylic acids is 2. The van der Waals surface area contributed by atoms with Crippen LogP contribution in [0.2, 0.25) is 0 Å². The molecule has 0 saturated carbocycles. The van der Waals surface area contributed by atoms with E-state index in [1.807, 2.05) is 20.8 Å². The van der Waals surface area contributed by atoms with Gasteiger partial charge in [0.05, 0.1) is 24.1 Å². The van der Waals surface area contributed by atoms with Gasteiger partial charge in [-0.15, -0.1) is 0 Å². The Balaban J connectivity index is 1.91. The first-order valence-electron chi connectivity index (χ1n) is 10.7. The number of carbonyl (C=O) groups is 2. The number of furan rings is 1. The molecule has 2 aromatic carbocycles. The Bertz CT molecular complexity index is 1230. The second kappa shape index (κ2) is 8.86. The van der Waals surface area contributed by atoms with Crippen molar-refractivity contribution in [3.05, 3.63) is 83.3 Å². The number of benzene rings is 2. The highest BCUT2D eigenvalue weighted by Crippen LogP contribution is 2.45. The highest BCUT2D eigenvalue weighted by Gasteiger charge is 2.49. The van der Waals surface area contributed by atoms with Crippen molar-refractivity contribution in [3.63, 3.8) is 0 Å². The van der Waals surface area contributed by atoms with E-state index in [9.17, 15) is 19.8 Å². The maximum atomic E-state index is 13.2. The number of para-hydroxylation sites is 2. The van der Waals surface area contributed by atoms with Gasteiger partial charge in [-0.05, 0) is 60.9 Å². The van der Waals surface area contributed by atoms with Crippen LogP contribution in [0.25, 0.3) is 5.76 Å². The van der Waals surface area contributed by atoms with E-state index in [1.54, 1.807) is 42.5 Å². The minimum atomic E-state index is -1.04. The van der Waals surface area contributed by atoms with E-state index in [1.165, 1.54) is 18.4 Å². The molecule has 0 bridgehead atoms. The molecular weight excluding hydrogens is 422 g/mol. The molecule has 33 heavy (non-hydrogen) atoms. The first-order valence-corrected chi connectivity index (χ1v) is 10.7. The third kappa shape index (κ3) is 3.86. The first kappa shape index (κ1) is 22.2. The molecule has 4 rings (SSSR count). The second-order valence-electron chi connectivity index (χ2n) is 8.01. The second-order valence-corrected chi connectivity index (χ2v) is 8.01. The molecule has 0 aliphatic carbocycles. The molecular formula is C26H25NO6. The predicted molar refractivity (Wildman–Crippen MR) is 123 cm³/mol. The predicted octanol–water partition coefficient (Wildman–Crippen LogP) is 5.13. The molecule has 7 nitrogen and oxygen atoms in total. The van der Waals surface area contributed by atoms with Crippen LogP contribution in [0.4, 0.5) is 5.69 Å². The van der Waals surface area contributed by atoms with Gasteiger partial charge in [0.2, 0.25) is 0 Å². The Morgan fingerprint density at radius 3 is 2.52 bits per heavy atom. The average molecular weight is 447 g/mol. The fourth-order valence-corrected chi connectivity index (χ4v) is 4.05. The molecule has 2 heterocycles. The number of nitrogens with zero attached hydrogens (tertiary/aromatic N) is 1. The molecule has 0 spiro atoms. The standard InChI is InChI=1S/C26H25NO6/c1-4-32-20-12-11-16(14-17(20)15(2)3)24(29)22-23(21-10-7-13-33-21)27(26(31)25(22)30)18-8-5-6-9-19(18)28/h5-15,23,28-29H,4H2,1-3H3/b24-22-. The van der Waals surface area contributed by atoms with Crippen molar-refractivity contribution >= 4 is 23.1 Å². The van der Waals surface area contributed by atoms with Crippen molar-refractivity contribution in [1.82, 2.24) is 0 Å². The lowest BCUT2D eigenvalue weighted by Crippen LogP contribution is -2.29. The number of hydrogen-bond donors (Lipinski definition) is 2. The van der Waals surface area contributed by atoms with Crippen LogP contribution in [0.15, 0.2) is 70.9 Å². The number of phenols is 1. The third-order valence-electron chi connectivity index (χ3n) is 5.60. The van der Waals surface area contributed by atoms with Crippen LogP contribution in [-0.2, 0) is 9.59 Å². The number of amides is 1. The Morgan fingerprint density at radius 2 is 1.88 bits per heavy atom. The van der Waals surface area contributed by atoms with Gasteiger partial charge in [-0.1, -0.05) is 26.0 Å². The summed E-state index contributed by atoms with van der Waals surface area (Å²) in [5.74, 6) is -1.14. The Hall–Kier alpha value is -4.00. The number of hydrogen-bond acceptors (Lipinski definition) is 6. The smallest absolute Gasteiger partial charge is 0.300 e. The van der Waals surface area contributed by atoms with Crippen LogP contribution in [0.3, 0.4) is 0 Å². The van der Waals surface area contributed by atoms with Crippen LogP contribution in [0.1, 0.15) is 49.6 Å². The summed E-state index contributed by atoms with van der Waals surface area (Å²) >= 11 is 0. The number of phenolic OH excluding ortho intramolecular Hbond substituents is 1. The average Bonchev–Trinajstić information content (AvgIpc) is 3.41. The van der Waals surface area contributed by atoms with Gasteiger partial charge in [0.1, 0.15) is 29.1 Å². The fourth-order valence-electron chi connectivity index (χ4n) is 4.05. The lowest BCUT2D eigenvalue weighted by atomic mass is 9.95. The summed E-state index contributed by atoms with van der Waals surface area (Å²) in [6.45, 7) is 6.39. The number of ketones is 1. The summed E-state index contributed by atoms with van der Waals surface area (Å²) in [5, 5.41) is 21.7. The Labute approximate surface area is 191 Å². The van der Waals surface area contributed by atoms with E-state index in [0.29, 0.717) is 17.9 Å². The van der Waals surface area contributed by atoms with Gasteiger partial charge >= 0.3 is 0 Å². The van der Waals surface area contributed by atoms with Gasteiger partial charge in [0, 0.05) is 5.56 Å². The summed E-state index contributed by atoms with van der Waals surface area (Å²) < 4.78 is 11.2. The van der Waals surface area contributed by atoms with E-state index in [0.717, 1.165) is 10.5 Å². The van der Waals surface area contributed by atoms with E-state index < -0.39 is 17.7 Å². The van der Waals surface area contributed by atoms with Gasteiger partial charge < -0.3 is 19.4 Å². The molecule has 7 heteroatoms. The maximum Gasteiger partial charge on any atom is 0.300 e. The van der Waals surface area contributed by atoms with E-state index in [4.69, 9.17) is 9.15 Å². The van der Waals surface area contributed by atoms with Crippen molar-refractivity contribution in [1.29, 1.82) is 0 Å². The largest absolute Gasteiger partial charge is 0.507 e. The molecule has 3 aromatic rings.